The summed E-state index contributed by atoms with van der Waals surface area (Å²) >= 11 is 0. The molecule has 0 atom stereocenters. The van der Waals surface area contributed by atoms with E-state index in [4.69, 9.17) is 9.84 Å². The zero-order valence-corrected chi connectivity index (χ0v) is 20.0. The van der Waals surface area contributed by atoms with Crippen LogP contribution in [0.25, 0.3) is 16.8 Å². The van der Waals surface area contributed by atoms with E-state index in [9.17, 15) is 14.0 Å². The summed E-state index contributed by atoms with van der Waals surface area (Å²) in [5, 5.41) is 7.51. The number of nitrogens with one attached hydrogen (secondary N) is 1. The zero-order chi connectivity index (χ0) is 25.1. The van der Waals surface area contributed by atoms with Crippen molar-refractivity contribution in [2.75, 3.05) is 5.32 Å². The van der Waals surface area contributed by atoms with Gasteiger partial charge < -0.3 is 10.1 Å². The molecule has 178 valence electrons. The van der Waals surface area contributed by atoms with E-state index >= 15 is 0 Å². The molecule has 0 saturated carbocycles. The molecule has 1 amide bonds. The van der Waals surface area contributed by atoms with E-state index in [0.717, 1.165) is 22.5 Å². The van der Waals surface area contributed by atoms with Crippen molar-refractivity contribution >= 4 is 17.6 Å². The third-order valence-corrected chi connectivity index (χ3v) is 5.45. The fourth-order valence-corrected chi connectivity index (χ4v) is 3.82. The lowest BCUT2D eigenvalue weighted by molar-refractivity contribution is -0.132. The van der Waals surface area contributed by atoms with Crippen LogP contribution >= 0.6 is 0 Å². The van der Waals surface area contributed by atoms with Crippen LogP contribution in [0.15, 0.2) is 72.8 Å². The van der Waals surface area contributed by atoms with Crippen LogP contribution in [-0.4, -0.2) is 21.7 Å². The molecule has 3 aromatic carbocycles. The molecule has 0 saturated heterocycles. The van der Waals surface area contributed by atoms with Gasteiger partial charge in [0, 0.05) is 12.6 Å². The van der Waals surface area contributed by atoms with Crippen LogP contribution in [0.5, 0.6) is 5.88 Å². The summed E-state index contributed by atoms with van der Waals surface area (Å²) in [6, 6.07) is 20.7. The SMILES string of the molecule is CC(=O)Oc1c(-c2ccc(NC(=O)c3ccccc3F)cc2)c(C(C)C)nn1-c1cccc(C)c1. The molecule has 4 rings (SSSR count). The molecule has 0 bridgehead atoms. The standard InChI is InChI=1S/C28H26FN3O3/c1-17(2)26-25(28(35-19(4)33)32(31-26)22-9-7-8-18(3)16-22)20-12-14-21(15-13-20)30-27(34)23-10-5-6-11-24(23)29/h5-17H,1-4H3,(H,30,34). The predicted molar refractivity (Wildman–Crippen MR) is 133 cm³/mol. The topological polar surface area (TPSA) is 73.2 Å². The highest BCUT2D eigenvalue weighted by Crippen LogP contribution is 2.39. The monoisotopic (exact) mass is 471 g/mol. The number of aryl methyl sites for hydroxylation is 1. The predicted octanol–water partition coefficient (Wildman–Crippen LogP) is 6.29. The Morgan fingerprint density at radius 1 is 1.00 bits per heavy atom. The molecule has 1 N–H and O–H groups in total. The Labute approximate surface area is 203 Å². The number of carbonyl (C=O) groups is 2. The van der Waals surface area contributed by atoms with Gasteiger partial charge >= 0.3 is 5.97 Å². The highest BCUT2D eigenvalue weighted by molar-refractivity contribution is 6.04. The van der Waals surface area contributed by atoms with Gasteiger partial charge in [-0.1, -0.05) is 50.2 Å². The van der Waals surface area contributed by atoms with E-state index in [1.54, 1.807) is 22.9 Å². The van der Waals surface area contributed by atoms with Crippen LogP contribution in [0.2, 0.25) is 0 Å². The average Bonchev–Trinajstić information content (AvgIpc) is 3.18. The summed E-state index contributed by atoms with van der Waals surface area (Å²) in [7, 11) is 0. The van der Waals surface area contributed by atoms with E-state index < -0.39 is 17.7 Å². The number of ether oxygens (including phenoxy) is 1. The first kappa shape index (κ1) is 23.9. The summed E-state index contributed by atoms with van der Waals surface area (Å²) < 4.78 is 21.3. The maximum atomic E-state index is 14.0. The van der Waals surface area contributed by atoms with Crippen LogP contribution in [0, 0.1) is 12.7 Å². The Kier molecular flexibility index (Phi) is 6.78. The number of benzene rings is 3. The van der Waals surface area contributed by atoms with Crippen molar-refractivity contribution in [1.29, 1.82) is 0 Å². The minimum absolute atomic E-state index is 0.0322. The molecule has 4 aromatic rings. The summed E-state index contributed by atoms with van der Waals surface area (Å²) in [6.07, 6.45) is 0. The highest BCUT2D eigenvalue weighted by atomic mass is 19.1. The largest absolute Gasteiger partial charge is 0.407 e. The number of hydrogen-bond acceptors (Lipinski definition) is 4. The smallest absolute Gasteiger partial charge is 0.309 e. The molecule has 0 aliphatic carbocycles. The number of halogens is 1. The number of esters is 1. The van der Waals surface area contributed by atoms with E-state index in [0.29, 0.717) is 17.1 Å². The van der Waals surface area contributed by atoms with Crippen molar-refractivity contribution < 1.29 is 18.7 Å². The summed E-state index contributed by atoms with van der Waals surface area (Å²) in [4.78, 5) is 24.5. The second-order valence-corrected chi connectivity index (χ2v) is 8.58. The molecule has 1 heterocycles. The van der Waals surface area contributed by atoms with Crippen LogP contribution < -0.4 is 10.1 Å². The van der Waals surface area contributed by atoms with Gasteiger partial charge in [0.1, 0.15) is 5.82 Å². The fraction of sp³-hybridized carbons (Fsp3) is 0.179. The Morgan fingerprint density at radius 2 is 1.71 bits per heavy atom. The number of carbonyl (C=O) groups excluding carboxylic acids is 2. The lowest BCUT2D eigenvalue weighted by Gasteiger charge is -2.11. The van der Waals surface area contributed by atoms with Gasteiger partial charge in [0.2, 0.25) is 5.88 Å². The van der Waals surface area contributed by atoms with E-state index in [-0.39, 0.29) is 11.5 Å². The first-order chi connectivity index (χ1) is 16.7. The lowest BCUT2D eigenvalue weighted by Crippen LogP contribution is -2.13. The van der Waals surface area contributed by atoms with Gasteiger partial charge in [-0.05, 0) is 60.4 Å². The molecule has 35 heavy (non-hydrogen) atoms. The van der Waals surface area contributed by atoms with Gasteiger partial charge in [0.15, 0.2) is 0 Å². The molecular weight excluding hydrogens is 445 g/mol. The third kappa shape index (κ3) is 5.14. The number of anilines is 1. The average molecular weight is 472 g/mol. The number of hydrogen-bond donors (Lipinski definition) is 1. The van der Waals surface area contributed by atoms with Gasteiger partial charge in [-0.25, -0.2) is 4.39 Å². The van der Waals surface area contributed by atoms with Gasteiger partial charge in [0.25, 0.3) is 5.91 Å². The van der Waals surface area contributed by atoms with Crippen molar-refractivity contribution in [3.05, 3.63) is 95.4 Å². The Bertz CT molecular complexity index is 1390. The summed E-state index contributed by atoms with van der Waals surface area (Å²) in [6.45, 7) is 7.38. The molecule has 0 spiro atoms. The normalized spacial score (nSPS) is 10.9. The quantitative estimate of drug-likeness (QED) is 0.336. The van der Waals surface area contributed by atoms with E-state index in [1.807, 2.05) is 57.2 Å². The van der Waals surface area contributed by atoms with Crippen molar-refractivity contribution in [2.24, 2.45) is 0 Å². The Morgan fingerprint density at radius 3 is 2.34 bits per heavy atom. The van der Waals surface area contributed by atoms with Gasteiger partial charge in [-0.3, -0.25) is 9.59 Å². The molecule has 1 aromatic heterocycles. The second-order valence-electron chi connectivity index (χ2n) is 8.58. The first-order valence-corrected chi connectivity index (χ1v) is 11.3. The van der Waals surface area contributed by atoms with Crippen LogP contribution in [0.4, 0.5) is 10.1 Å². The number of rotatable bonds is 6. The molecule has 0 unspecified atom stereocenters. The van der Waals surface area contributed by atoms with E-state index in [1.165, 1.54) is 25.1 Å². The van der Waals surface area contributed by atoms with Gasteiger partial charge in [-0.15, -0.1) is 0 Å². The van der Waals surface area contributed by atoms with Crippen molar-refractivity contribution in [3.63, 3.8) is 0 Å². The minimum Gasteiger partial charge on any atom is -0.407 e. The van der Waals surface area contributed by atoms with Crippen molar-refractivity contribution in [1.82, 2.24) is 9.78 Å². The van der Waals surface area contributed by atoms with E-state index in [2.05, 4.69) is 5.32 Å². The number of aromatic nitrogens is 2. The van der Waals surface area contributed by atoms with Crippen LogP contribution in [0.1, 0.15) is 48.3 Å². The third-order valence-electron chi connectivity index (χ3n) is 5.45. The summed E-state index contributed by atoms with van der Waals surface area (Å²) in [5.41, 5.74) is 4.54. The molecule has 0 aliphatic rings. The van der Waals surface area contributed by atoms with Crippen molar-refractivity contribution in [2.45, 2.75) is 33.6 Å². The highest BCUT2D eigenvalue weighted by Gasteiger charge is 2.25. The second kappa shape index (κ2) is 9.93. The van der Waals surface area contributed by atoms with Gasteiger partial charge in [-0.2, -0.15) is 9.78 Å². The number of nitrogens with zero attached hydrogens (tertiary/aromatic N) is 2. The Balaban J connectivity index is 1.75. The van der Waals surface area contributed by atoms with Gasteiger partial charge in [0.05, 0.1) is 22.5 Å². The molecule has 0 radical (unpaired) electrons. The summed E-state index contributed by atoms with van der Waals surface area (Å²) in [5.74, 6) is -1.20. The maximum absolute atomic E-state index is 14.0. The molecule has 7 heteroatoms. The number of amides is 1. The molecule has 6 nitrogen and oxygen atoms in total. The van der Waals surface area contributed by atoms with Crippen LogP contribution in [0.3, 0.4) is 0 Å². The maximum Gasteiger partial charge on any atom is 0.309 e. The minimum atomic E-state index is -0.585. The fourth-order valence-electron chi connectivity index (χ4n) is 3.82. The zero-order valence-electron chi connectivity index (χ0n) is 20.0. The van der Waals surface area contributed by atoms with Crippen LogP contribution in [-0.2, 0) is 4.79 Å². The van der Waals surface area contributed by atoms with Crippen molar-refractivity contribution in [3.8, 4) is 22.7 Å². The molecular formula is C28H26FN3O3. The molecule has 0 aliphatic heterocycles. The molecule has 0 fully saturated rings. The first-order valence-electron chi connectivity index (χ1n) is 11.3. The lowest BCUT2D eigenvalue weighted by atomic mass is 9.99. The Hall–Kier alpha value is -4.26.